The van der Waals surface area contributed by atoms with Gasteiger partial charge in [-0.1, -0.05) is 6.07 Å². The lowest BCUT2D eigenvalue weighted by molar-refractivity contribution is -0.123. The zero-order chi connectivity index (χ0) is 9.97. The van der Waals surface area contributed by atoms with Crippen molar-refractivity contribution in [1.82, 2.24) is 10.3 Å². The van der Waals surface area contributed by atoms with Crippen LogP contribution < -0.4 is 11.1 Å². The van der Waals surface area contributed by atoms with Crippen LogP contribution in [-0.2, 0) is 4.79 Å². The molecule has 0 saturated carbocycles. The first-order valence-electron chi connectivity index (χ1n) is 4.70. The molecule has 2 atom stereocenters. The van der Waals surface area contributed by atoms with Gasteiger partial charge >= 0.3 is 0 Å². The van der Waals surface area contributed by atoms with Crippen LogP contribution in [0, 0.1) is 0 Å². The van der Waals surface area contributed by atoms with Gasteiger partial charge in [0.2, 0.25) is 5.91 Å². The summed E-state index contributed by atoms with van der Waals surface area (Å²) in [7, 11) is 0. The van der Waals surface area contributed by atoms with Gasteiger partial charge in [-0.2, -0.15) is 0 Å². The molecule has 3 N–H and O–H groups in total. The smallest absolute Gasteiger partial charge is 0.236 e. The molecule has 2 rings (SSSR count). The Balaban J connectivity index is 2.11. The monoisotopic (exact) mass is 191 g/mol. The Morgan fingerprint density at radius 3 is 3.07 bits per heavy atom. The number of carbonyl (C=O) groups is 1. The molecular formula is C10H13N3O. The molecule has 0 spiro atoms. The largest absolute Gasteiger partial charge is 0.354 e. The van der Waals surface area contributed by atoms with Crippen LogP contribution in [0.3, 0.4) is 0 Å². The SMILES string of the molecule is NC1CC(c2cccnc2)CNC1=O. The number of pyridine rings is 1. The van der Waals surface area contributed by atoms with Crippen LogP contribution in [0.15, 0.2) is 24.5 Å². The number of hydrogen-bond donors (Lipinski definition) is 2. The van der Waals surface area contributed by atoms with Crippen molar-refractivity contribution in [3.8, 4) is 0 Å². The fourth-order valence-electron chi connectivity index (χ4n) is 1.72. The molecule has 74 valence electrons. The van der Waals surface area contributed by atoms with Crippen molar-refractivity contribution in [3.63, 3.8) is 0 Å². The Labute approximate surface area is 82.5 Å². The minimum Gasteiger partial charge on any atom is -0.354 e. The molecule has 4 heteroatoms. The Kier molecular flexibility index (Phi) is 2.45. The maximum absolute atomic E-state index is 11.1. The van der Waals surface area contributed by atoms with Gasteiger partial charge in [0, 0.05) is 24.9 Å². The molecule has 1 fully saturated rings. The van der Waals surface area contributed by atoms with E-state index in [2.05, 4.69) is 10.3 Å². The standard InChI is InChI=1S/C10H13N3O/c11-9-4-8(6-13-10(9)14)7-2-1-3-12-5-7/h1-3,5,8-9H,4,6,11H2,(H,13,14). The van der Waals surface area contributed by atoms with Crippen LogP contribution in [0.2, 0.25) is 0 Å². The maximum atomic E-state index is 11.1. The molecule has 0 aliphatic carbocycles. The summed E-state index contributed by atoms with van der Waals surface area (Å²) in [5, 5.41) is 2.79. The zero-order valence-corrected chi connectivity index (χ0v) is 7.81. The fraction of sp³-hybridized carbons (Fsp3) is 0.400. The second-order valence-electron chi connectivity index (χ2n) is 3.57. The van der Waals surface area contributed by atoms with E-state index in [9.17, 15) is 4.79 Å². The topological polar surface area (TPSA) is 68.0 Å². The lowest BCUT2D eigenvalue weighted by atomic mass is 9.90. The Morgan fingerprint density at radius 1 is 1.57 bits per heavy atom. The van der Waals surface area contributed by atoms with Crippen LogP contribution in [0.4, 0.5) is 0 Å². The molecule has 1 aromatic heterocycles. The minimum atomic E-state index is -0.381. The molecule has 0 bridgehead atoms. The van der Waals surface area contributed by atoms with Gasteiger partial charge in [0.05, 0.1) is 6.04 Å². The molecule has 4 nitrogen and oxygen atoms in total. The first-order valence-corrected chi connectivity index (χ1v) is 4.70. The van der Waals surface area contributed by atoms with Gasteiger partial charge in [-0.25, -0.2) is 0 Å². The lowest BCUT2D eigenvalue weighted by Gasteiger charge is -2.26. The zero-order valence-electron chi connectivity index (χ0n) is 7.81. The third-order valence-electron chi connectivity index (χ3n) is 2.55. The summed E-state index contributed by atoms with van der Waals surface area (Å²) in [6.07, 6.45) is 4.28. The van der Waals surface area contributed by atoms with Gasteiger partial charge in [0.1, 0.15) is 0 Å². The predicted octanol–water partition coefficient (Wildman–Crippen LogP) is 0.0124. The van der Waals surface area contributed by atoms with Crippen molar-refractivity contribution in [3.05, 3.63) is 30.1 Å². The summed E-state index contributed by atoms with van der Waals surface area (Å²) in [5.74, 6) is 0.251. The van der Waals surface area contributed by atoms with Gasteiger partial charge in [-0.3, -0.25) is 9.78 Å². The molecule has 1 amide bonds. The fourth-order valence-corrected chi connectivity index (χ4v) is 1.72. The summed E-state index contributed by atoms with van der Waals surface area (Å²) in [6, 6.07) is 3.54. The van der Waals surface area contributed by atoms with E-state index in [0.29, 0.717) is 18.9 Å². The highest BCUT2D eigenvalue weighted by molar-refractivity contribution is 5.82. The summed E-state index contributed by atoms with van der Waals surface area (Å²) >= 11 is 0. The van der Waals surface area contributed by atoms with E-state index in [4.69, 9.17) is 5.73 Å². The molecule has 0 aromatic carbocycles. The van der Waals surface area contributed by atoms with E-state index in [1.165, 1.54) is 0 Å². The highest BCUT2D eigenvalue weighted by atomic mass is 16.2. The van der Waals surface area contributed by atoms with Gasteiger partial charge in [-0.15, -0.1) is 0 Å². The number of nitrogens with zero attached hydrogens (tertiary/aromatic N) is 1. The number of amides is 1. The lowest BCUT2D eigenvalue weighted by Crippen LogP contribution is -2.48. The summed E-state index contributed by atoms with van der Waals surface area (Å²) in [6.45, 7) is 0.665. The summed E-state index contributed by atoms with van der Waals surface area (Å²) in [4.78, 5) is 15.2. The van der Waals surface area contributed by atoms with Gasteiger partial charge in [0.25, 0.3) is 0 Å². The molecule has 1 aliphatic rings. The van der Waals surface area contributed by atoms with Gasteiger partial charge in [-0.05, 0) is 18.1 Å². The summed E-state index contributed by atoms with van der Waals surface area (Å²) in [5.41, 5.74) is 6.82. The Bertz CT molecular complexity index is 325. The van der Waals surface area contributed by atoms with Crippen LogP contribution in [-0.4, -0.2) is 23.5 Å². The minimum absolute atomic E-state index is 0.0508. The van der Waals surface area contributed by atoms with E-state index >= 15 is 0 Å². The van der Waals surface area contributed by atoms with E-state index in [0.717, 1.165) is 5.56 Å². The van der Waals surface area contributed by atoms with E-state index in [1.807, 2.05) is 18.3 Å². The second kappa shape index (κ2) is 3.75. The number of rotatable bonds is 1. The molecule has 14 heavy (non-hydrogen) atoms. The van der Waals surface area contributed by atoms with Crippen molar-refractivity contribution in [1.29, 1.82) is 0 Å². The molecule has 2 unspecified atom stereocenters. The predicted molar refractivity (Wildman–Crippen MR) is 52.6 cm³/mol. The molecule has 1 aliphatic heterocycles. The average molecular weight is 191 g/mol. The highest BCUT2D eigenvalue weighted by Gasteiger charge is 2.26. The van der Waals surface area contributed by atoms with Crippen LogP contribution in [0.25, 0.3) is 0 Å². The van der Waals surface area contributed by atoms with Crippen molar-refractivity contribution in [2.45, 2.75) is 18.4 Å². The van der Waals surface area contributed by atoms with E-state index < -0.39 is 0 Å². The maximum Gasteiger partial charge on any atom is 0.236 e. The third kappa shape index (κ3) is 1.75. The number of carbonyl (C=O) groups excluding carboxylic acids is 1. The third-order valence-corrected chi connectivity index (χ3v) is 2.55. The number of aromatic nitrogens is 1. The van der Waals surface area contributed by atoms with Crippen molar-refractivity contribution < 1.29 is 4.79 Å². The van der Waals surface area contributed by atoms with Crippen molar-refractivity contribution >= 4 is 5.91 Å². The van der Waals surface area contributed by atoms with Gasteiger partial charge in [0.15, 0.2) is 0 Å². The van der Waals surface area contributed by atoms with Crippen LogP contribution >= 0.6 is 0 Å². The normalized spacial score (nSPS) is 27.1. The first-order chi connectivity index (χ1) is 6.77. The molecule has 1 saturated heterocycles. The quantitative estimate of drug-likeness (QED) is 0.657. The number of hydrogen-bond acceptors (Lipinski definition) is 3. The molecular weight excluding hydrogens is 178 g/mol. The molecule has 2 heterocycles. The number of nitrogens with one attached hydrogen (secondary N) is 1. The molecule has 0 radical (unpaired) electrons. The van der Waals surface area contributed by atoms with Crippen molar-refractivity contribution in [2.24, 2.45) is 5.73 Å². The Hall–Kier alpha value is -1.42. The van der Waals surface area contributed by atoms with Crippen LogP contribution in [0.5, 0.6) is 0 Å². The van der Waals surface area contributed by atoms with E-state index in [1.54, 1.807) is 6.20 Å². The highest BCUT2D eigenvalue weighted by Crippen LogP contribution is 2.21. The van der Waals surface area contributed by atoms with Crippen LogP contribution in [0.1, 0.15) is 17.9 Å². The number of nitrogens with two attached hydrogens (primary N) is 1. The second-order valence-corrected chi connectivity index (χ2v) is 3.57. The first kappa shape index (κ1) is 9.15. The average Bonchev–Trinajstić information content (AvgIpc) is 2.23. The summed E-state index contributed by atoms with van der Waals surface area (Å²) < 4.78 is 0. The van der Waals surface area contributed by atoms with Crippen molar-refractivity contribution in [2.75, 3.05) is 6.54 Å². The van der Waals surface area contributed by atoms with Gasteiger partial charge < -0.3 is 11.1 Å². The Morgan fingerprint density at radius 2 is 2.43 bits per heavy atom. The van der Waals surface area contributed by atoms with E-state index in [-0.39, 0.29) is 11.9 Å². The molecule has 1 aromatic rings. The number of piperidine rings is 1.